The first-order valence-electron chi connectivity index (χ1n) is 9.30. The predicted molar refractivity (Wildman–Crippen MR) is 109 cm³/mol. The van der Waals surface area contributed by atoms with E-state index in [1.54, 1.807) is 32.9 Å². The van der Waals surface area contributed by atoms with E-state index in [0.29, 0.717) is 0 Å². The van der Waals surface area contributed by atoms with Crippen LogP contribution in [0.4, 0.5) is 0 Å². The van der Waals surface area contributed by atoms with Crippen LogP contribution >= 0.6 is 0 Å². The SMILES string of the molecule is Cc1ccc(C(O)(COC(=O)C=Cc2ccccc2)COC(=O)C(C)C)c(O)c1. The zero-order valence-electron chi connectivity index (χ0n) is 16.8. The van der Waals surface area contributed by atoms with Gasteiger partial charge in [0.25, 0.3) is 0 Å². The Labute approximate surface area is 170 Å². The van der Waals surface area contributed by atoms with E-state index in [2.05, 4.69) is 0 Å². The number of carbonyl (C=O) groups is 2. The number of aromatic hydroxyl groups is 1. The lowest BCUT2D eigenvalue weighted by Crippen LogP contribution is -2.39. The number of ether oxygens (including phenoxy) is 2. The van der Waals surface area contributed by atoms with Crippen molar-refractivity contribution in [2.24, 2.45) is 5.92 Å². The molecule has 2 rings (SSSR count). The van der Waals surface area contributed by atoms with Gasteiger partial charge in [-0.1, -0.05) is 56.3 Å². The number of hydrogen-bond donors (Lipinski definition) is 2. The standard InChI is InChI=1S/C23H26O6/c1-16(2)22(26)29-15-23(27,19-11-9-17(3)13-20(19)24)14-28-21(25)12-10-18-7-5-4-6-8-18/h4-13,16,24,27H,14-15H2,1-3H3. The van der Waals surface area contributed by atoms with Crippen molar-refractivity contribution in [1.82, 2.24) is 0 Å². The van der Waals surface area contributed by atoms with Crippen LogP contribution in [0.1, 0.15) is 30.5 Å². The lowest BCUT2D eigenvalue weighted by molar-refractivity contribution is -0.164. The number of aryl methyl sites for hydroxylation is 1. The fourth-order valence-electron chi connectivity index (χ4n) is 2.56. The molecular weight excluding hydrogens is 372 g/mol. The van der Waals surface area contributed by atoms with Crippen molar-refractivity contribution in [1.29, 1.82) is 0 Å². The van der Waals surface area contributed by atoms with Crippen molar-refractivity contribution in [2.45, 2.75) is 26.4 Å². The molecule has 1 unspecified atom stereocenters. The van der Waals surface area contributed by atoms with Gasteiger partial charge in [0.15, 0.2) is 5.60 Å². The third-order valence-electron chi connectivity index (χ3n) is 4.24. The second-order valence-electron chi connectivity index (χ2n) is 7.17. The summed E-state index contributed by atoms with van der Waals surface area (Å²) < 4.78 is 10.3. The number of esters is 2. The number of phenolic OH excluding ortho intramolecular Hbond substituents is 1. The number of phenols is 1. The van der Waals surface area contributed by atoms with Gasteiger partial charge in [0.1, 0.15) is 19.0 Å². The summed E-state index contributed by atoms with van der Waals surface area (Å²) in [6, 6.07) is 13.9. The number of carbonyl (C=O) groups excluding carboxylic acids is 2. The van der Waals surface area contributed by atoms with E-state index in [1.165, 1.54) is 18.2 Å². The molecule has 0 bridgehead atoms. The summed E-state index contributed by atoms with van der Waals surface area (Å²) in [5.74, 6) is -1.74. The molecule has 2 N–H and O–H groups in total. The van der Waals surface area contributed by atoms with Gasteiger partial charge in [-0.2, -0.15) is 0 Å². The Morgan fingerprint density at radius 3 is 2.34 bits per heavy atom. The normalized spacial score (nSPS) is 13.3. The van der Waals surface area contributed by atoms with Crippen molar-refractivity contribution in [3.63, 3.8) is 0 Å². The van der Waals surface area contributed by atoms with Crippen LogP contribution in [0.3, 0.4) is 0 Å². The Kier molecular flexibility index (Phi) is 7.56. The summed E-state index contributed by atoms with van der Waals surface area (Å²) in [7, 11) is 0. The molecule has 6 heteroatoms. The maximum atomic E-state index is 12.1. The van der Waals surface area contributed by atoms with Gasteiger partial charge >= 0.3 is 11.9 Å². The van der Waals surface area contributed by atoms with Gasteiger partial charge in [-0.05, 0) is 30.2 Å². The first kappa shape index (κ1) is 22.2. The van der Waals surface area contributed by atoms with E-state index in [0.717, 1.165) is 11.1 Å². The Balaban J connectivity index is 2.15. The molecule has 0 fully saturated rings. The Morgan fingerprint density at radius 2 is 1.72 bits per heavy atom. The highest BCUT2D eigenvalue weighted by atomic mass is 16.6. The first-order chi connectivity index (χ1) is 13.7. The van der Waals surface area contributed by atoms with E-state index < -0.39 is 30.8 Å². The number of benzene rings is 2. The highest BCUT2D eigenvalue weighted by molar-refractivity contribution is 5.87. The van der Waals surface area contributed by atoms with Gasteiger partial charge in [0.2, 0.25) is 0 Å². The molecule has 0 aliphatic carbocycles. The van der Waals surface area contributed by atoms with E-state index >= 15 is 0 Å². The van der Waals surface area contributed by atoms with Crippen LogP contribution in [-0.4, -0.2) is 35.4 Å². The largest absolute Gasteiger partial charge is 0.508 e. The minimum atomic E-state index is -1.89. The molecule has 0 aromatic heterocycles. The summed E-state index contributed by atoms with van der Waals surface area (Å²) in [4.78, 5) is 23.9. The summed E-state index contributed by atoms with van der Waals surface area (Å²) in [5.41, 5.74) is -0.171. The van der Waals surface area contributed by atoms with Crippen LogP contribution in [0.15, 0.2) is 54.6 Å². The molecule has 0 radical (unpaired) electrons. The molecule has 0 aliphatic heterocycles. The van der Waals surface area contributed by atoms with Crippen LogP contribution in [-0.2, 0) is 24.7 Å². The quantitative estimate of drug-likeness (QED) is 0.523. The molecule has 0 aliphatic rings. The molecule has 1 atom stereocenters. The van der Waals surface area contributed by atoms with Gasteiger partial charge in [0.05, 0.1) is 5.92 Å². The van der Waals surface area contributed by atoms with E-state index in [4.69, 9.17) is 9.47 Å². The number of rotatable bonds is 8. The summed E-state index contributed by atoms with van der Waals surface area (Å²) in [6.45, 7) is 4.16. The van der Waals surface area contributed by atoms with Gasteiger partial charge in [-0.15, -0.1) is 0 Å². The molecular formula is C23H26O6. The molecule has 2 aromatic rings. The number of hydrogen-bond acceptors (Lipinski definition) is 6. The average Bonchev–Trinajstić information content (AvgIpc) is 2.69. The summed E-state index contributed by atoms with van der Waals surface area (Å²) in [6.07, 6.45) is 2.83. The van der Waals surface area contributed by atoms with Crippen molar-refractivity contribution >= 4 is 18.0 Å². The van der Waals surface area contributed by atoms with Gasteiger partial charge < -0.3 is 19.7 Å². The smallest absolute Gasteiger partial charge is 0.330 e. The molecule has 29 heavy (non-hydrogen) atoms. The van der Waals surface area contributed by atoms with Crippen LogP contribution in [0.5, 0.6) is 5.75 Å². The second-order valence-corrected chi connectivity index (χ2v) is 7.17. The minimum Gasteiger partial charge on any atom is -0.508 e. The van der Waals surface area contributed by atoms with E-state index in [-0.39, 0.29) is 17.2 Å². The van der Waals surface area contributed by atoms with Crippen molar-refractivity contribution in [3.05, 3.63) is 71.3 Å². The Morgan fingerprint density at radius 1 is 1.07 bits per heavy atom. The highest BCUT2D eigenvalue weighted by Gasteiger charge is 2.36. The van der Waals surface area contributed by atoms with E-state index in [1.807, 2.05) is 30.3 Å². The molecule has 2 aromatic carbocycles. The zero-order chi connectivity index (χ0) is 21.4. The van der Waals surface area contributed by atoms with Crippen molar-refractivity contribution in [2.75, 3.05) is 13.2 Å². The van der Waals surface area contributed by atoms with Gasteiger partial charge in [-0.3, -0.25) is 4.79 Å². The van der Waals surface area contributed by atoms with Gasteiger partial charge in [-0.25, -0.2) is 4.79 Å². The monoisotopic (exact) mass is 398 g/mol. The molecule has 0 saturated heterocycles. The van der Waals surface area contributed by atoms with Crippen LogP contribution in [0.2, 0.25) is 0 Å². The molecule has 0 amide bonds. The zero-order valence-corrected chi connectivity index (χ0v) is 16.8. The molecule has 0 spiro atoms. The minimum absolute atomic E-state index is 0.111. The fraction of sp³-hybridized carbons (Fsp3) is 0.304. The van der Waals surface area contributed by atoms with Crippen LogP contribution in [0.25, 0.3) is 6.08 Å². The summed E-state index contributed by atoms with van der Waals surface area (Å²) >= 11 is 0. The van der Waals surface area contributed by atoms with Crippen molar-refractivity contribution < 1.29 is 29.3 Å². The van der Waals surface area contributed by atoms with Crippen molar-refractivity contribution in [3.8, 4) is 5.75 Å². The average molecular weight is 398 g/mol. The first-order valence-corrected chi connectivity index (χ1v) is 9.30. The van der Waals surface area contributed by atoms with E-state index in [9.17, 15) is 19.8 Å². The molecule has 0 saturated carbocycles. The maximum Gasteiger partial charge on any atom is 0.330 e. The highest BCUT2D eigenvalue weighted by Crippen LogP contribution is 2.31. The number of aliphatic hydroxyl groups is 1. The summed E-state index contributed by atoms with van der Waals surface area (Å²) in [5, 5.41) is 21.3. The maximum absolute atomic E-state index is 12.1. The molecule has 0 heterocycles. The Bertz CT molecular complexity index is 872. The lowest BCUT2D eigenvalue weighted by Gasteiger charge is -2.28. The topological polar surface area (TPSA) is 93.1 Å². The van der Waals surface area contributed by atoms with Gasteiger partial charge in [0, 0.05) is 11.6 Å². The molecule has 6 nitrogen and oxygen atoms in total. The Hall–Kier alpha value is -3.12. The third-order valence-corrected chi connectivity index (χ3v) is 4.24. The third kappa shape index (κ3) is 6.47. The lowest BCUT2D eigenvalue weighted by atomic mass is 9.93. The molecule has 154 valence electrons. The predicted octanol–water partition coefficient (Wildman–Crippen LogP) is 3.34. The van der Waals surface area contributed by atoms with Crippen LogP contribution < -0.4 is 0 Å². The van der Waals surface area contributed by atoms with Crippen LogP contribution in [0, 0.1) is 12.8 Å². The second kappa shape index (κ2) is 9.89. The fourth-order valence-corrected chi connectivity index (χ4v) is 2.56.